The molecule has 0 radical (unpaired) electrons. The zero-order valence-electron chi connectivity index (χ0n) is 9.02. The maximum atomic E-state index is 10.4. The van der Waals surface area contributed by atoms with E-state index >= 15 is 0 Å². The Bertz CT molecular complexity index is 358. The van der Waals surface area contributed by atoms with Crippen LogP contribution in [-0.2, 0) is 22.4 Å². The van der Waals surface area contributed by atoms with Gasteiger partial charge in [-0.05, 0) is 12.3 Å². The van der Waals surface area contributed by atoms with E-state index in [9.17, 15) is 4.79 Å². The number of aryl methyl sites for hydroxylation is 1. The number of aliphatic carboxylic acids is 1. The molecule has 1 unspecified atom stereocenters. The van der Waals surface area contributed by atoms with E-state index in [1.807, 2.05) is 5.38 Å². The highest BCUT2D eigenvalue weighted by Gasteiger charge is 2.17. The fourth-order valence-electron chi connectivity index (χ4n) is 1.78. The van der Waals surface area contributed by atoms with Gasteiger partial charge in [-0.2, -0.15) is 0 Å². The maximum Gasteiger partial charge on any atom is 0.303 e. The van der Waals surface area contributed by atoms with Crippen LogP contribution in [0.4, 0.5) is 0 Å². The molecule has 1 aliphatic rings. The van der Waals surface area contributed by atoms with Crippen molar-refractivity contribution in [3.8, 4) is 0 Å². The third-order valence-electron chi connectivity index (χ3n) is 2.68. The molecule has 4 nitrogen and oxygen atoms in total. The second kappa shape index (κ2) is 5.41. The summed E-state index contributed by atoms with van der Waals surface area (Å²) < 4.78 is 5.31. The molecule has 1 saturated heterocycles. The van der Waals surface area contributed by atoms with Gasteiger partial charge in [0.1, 0.15) is 0 Å². The van der Waals surface area contributed by atoms with Gasteiger partial charge < -0.3 is 9.84 Å². The number of carboxylic acid groups (broad SMARTS) is 1. The lowest BCUT2D eigenvalue weighted by Gasteiger charge is -2.02. The van der Waals surface area contributed by atoms with Gasteiger partial charge in [0.2, 0.25) is 0 Å². The van der Waals surface area contributed by atoms with Gasteiger partial charge >= 0.3 is 5.97 Å². The van der Waals surface area contributed by atoms with Crippen molar-refractivity contribution >= 4 is 17.3 Å². The standard InChI is InChI=1S/C11H15NO3S/c13-11(14)2-1-9-7-16-10(12-9)5-8-3-4-15-6-8/h7-8H,1-6H2,(H,13,14). The SMILES string of the molecule is O=C(O)CCc1csc(CC2CCOC2)n1. The van der Waals surface area contributed by atoms with Gasteiger partial charge in [-0.3, -0.25) is 4.79 Å². The Hall–Kier alpha value is -0.940. The molecular formula is C11H15NO3S. The minimum atomic E-state index is -0.765. The topological polar surface area (TPSA) is 59.4 Å². The number of ether oxygens (including phenoxy) is 1. The number of thiazole rings is 1. The van der Waals surface area contributed by atoms with Gasteiger partial charge in [0, 0.05) is 31.4 Å². The molecule has 0 spiro atoms. The molecule has 1 aromatic rings. The molecule has 16 heavy (non-hydrogen) atoms. The Labute approximate surface area is 98.3 Å². The van der Waals surface area contributed by atoms with Gasteiger partial charge in [0.15, 0.2) is 0 Å². The van der Waals surface area contributed by atoms with Crippen LogP contribution in [0.3, 0.4) is 0 Å². The third kappa shape index (κ3) is 3.28. The first-order valence-electron chi connectivity index (χ1n) is 5.47. The minimum absolute atomic E-state index is 0.162. The highest BCUT2D eigenvalue weighted by atomic mass is 32.1. The van der Waals surface area contributed by atoms with E-state index in [-0.39, 0.29) is 6.42 Å². The molecule has 0 aromatic carbocycles. The van der Waals surface area contributed by atoms with Crippen molar-refractivity contribution < 1.29 is 14.6 Å². The van der Waals surface area contributed by atoms with Crippen LogP contribution in [0, 0.1) is 5.92 Å². The molecule has 0 saturated carbocycles. The number of carboxylic acids is 1. The summed E-state index contributed by atoms with van der Waals surface area (Å²) in [6.45, 7) is 1.70. The lowest BCUT2D eigenvalue weighted by atomic mass is 10.1. The second-order valence-electron chi connectivity index (χ2n) is 4.06. The molecule has 88 valence electrons. The van der Waals surface area contributed by atoms with Crippen LogP contribution in [0.5, 0.6) is 0 Å². The number of aromatic nitrogens is 1. The van der Waals surface area contributed by atoms with Crippen molar-refractivity contribution in [2.24, 2.45) is 5.92 Å². The molecule has 1 aromatic heterocycles. The van der Waals surface area contributed by atoms with Crippen LogP contribution >= 0.6 is 11.3 Å². The summed E-state index contributed by atoms with van der Waals surface area (Å²) in [6.07, 6.45) is 2.78. The molecule has 2 rings (SSSR count). The van der Waals surface area contributed by atoms with E-state index in [1.165, 1.54) is 0 Å². The summed E-state index contributed by atoms with van der Waals surface area (Å²) in [5, 5.41) is 11.6. The van der Waals surface area contributed by atoms with Crippen LogP contribution in [0.15, 0.2) is 5.38 Å². The zero-order chi connectivity index (χ0) is 11.4. The lowest BCUT2D eigenvalue weighted by molar-refractivity contribution is -0.136. The Morgan fingerprint density at radius 1 is 1.69 bits per heavy atom. The van der Waals surface area contributed by atoms with Crippen LogP contribution in [0.2, 0.25) is 0 Å². The van der Waals surface area contributed by atoms with E-state index in [0.717, 1.165) is 36.8 Å². The fraction of sp³-hybridized carbons (Fsp3) is 0.636. The van der Waals surface area contributed by atoms with Crippen molar-refractivity contribution in [3.05, 3.63) is 16.1 Å². The quantitative estimate of drug-likeness (QED) is 0.853. The van der Waals surface area contributed by atoms with Gasteiger partial charge in [0.05, 0.1) is 17.1 Å². The van der Waals surface area contributed by atoms with E-state index < -0.39 is 5.97 Å². The Kier molecular flexibility index (Phi) is 3.90. The summed E-state index contributed by atoms with van der Waals surface area (Å²) in [7, 11) is 0. The first-order chi connectivity index (χ1) is 7.74. The van der Waals surface area contributed by atoms with Crippen molar-refractivity contribution in [2.75, 3.05) is 13.2 Å². The first-order valence-corrected chi connectivity index (χ1v) is 6.35. The Morgan fingerprint density at radius 2 is 2.56 bits per heavy atom. The second-order valence-corrected chi connectivity index (χ2v) is 5.00. The highest BCUT2D eigenvalue weighted by Crippen LogP contribution is 2.21. The van der Waals surface area contributed by atoms with E-state index in [0.29, 0.717) is 12.3 Å². The number of hydrogen-bond acceptors (Lipinski definition) is 4. The summed E-state index contributed by atoms with van der Waals surface area (Å²) in [5.41, 5.74) is 0.904. The predicted molar refractivity (Wildman–Crippen MR) is 60.7 cm³/mol. The molecule has 0 bridgehead atoms. The van der Waals surface area contributed by atoms with Crippen LogP contribution in [0.1, 0.15) is 23.5 Å². The minimum Gasteiger partial charge on any atom is -0.481 e. The van der Waals surface area contributed by atoms with Crippen molar-refractivity contribution in [1.82, 2.24) is 4.98 Å². The number of nitrogens with zero attached hydrogens (tertiary/aromatic N) is 1. The van der Waals surface area contributed by atoms with Gasteiger partial charge in [0.25, 0.3) is 0 Å². The van der Waals surface area contributed by atoms with Crippen LogP contribution < -0.4 is 0 Å². The van der Waals surface area contributed by atoms with Gasteiger partial charge in [-0.25, -0.2) is 4.98 Å². The largest absolute Gasteiger partial charge is 0.481 e. The van der Waals surface area contributed by atoms with Gasteiger partial charge in [-0.1, -0.05) is 0 Å². The zero-order valence-corrected chi connectivity index (χ0v) is 9.83. The maximum absolute atomic E-state index is 10.4. The average Bonchev–Trinajstić information content (AvgIpc) is 2.87. The van der Waals surface area contributed by atoms with Crippen LogP contribution in [0.25, 0.3) is 0 Å². The highest BCUT2D eigenvalue weighted by molar-refractivity contribution is 7.09. The smallest absolute Gasteiger partial charge is 0.303 e. The monoisotopic (exact) mass is 241 g/mol. The Morgan fingerprint density at radius 3 is 3.25 bits per heavy atom. The molecular weight excluding hydrogens is 226 g/mol. The lowest BCUT2D eigenvalue weighted by Crippen LogP contribution is -2.03. The molecule has 5 heteroatoms. The van der Waals surface area contributed by atoms with E-state index in [2.05, 4.69) is 4.98 Å². The number of carbonyl (C=O) groups is 1. The molecule has 1 fully saturated rings. The van der Waals surface area contributed by atoms with Crippen LogP contribution in [-0.4, -0.2) is 29.3 Å². The Balaban J connectivity index is 1.84. The summed E-state index contributed by atoms with van der Waals surface area (Å²) in [4.78, 5) is 14.9. The molecule has 2 heterocycles. The summed E-state index contributed by atoms with van der Waals surface area (Å²) in [5.74, 6) is -0.169. The normalized spacial score (nSPS) is 20.1. The molecule has 0 amide bonds. The molecule has 0 aliphatic carbocycles. The fourth-order valence-corrected chi connectivity index (χ4v) is 2.73. The van der Waals surface area contributed by atoms with E-state index in [4.69, 9.17) is 9.84 Å². The average molecular weight is 241 g/mol. The molecule has 1 aliphatic heterocycles. The third-order valence-corrected chi connectivity index (χ3v) is 3.60. The van der Waals surface area contributed by atoms with E-state index in [1.54, 1.807) is 11.3 Å². The van der Waals surface area contributed by atoms with Crippen molar-refractivity contribution in [1.29, 1.82) is 0 Å². The predicted octanol–water partition coefficient (Wildman–Crippen LogP) is 1.74. The number of hydrogen-bond donors (Lipinski definition) is 1. The first kappa shape index (κ1) is 11.5. The summed E-state index contributed by atoms with van der Waals surface area (Å²) in [6, 6.07) is 0. The van der Waals surface area contributed by atoms with Crippen molar-refractivity contribution in [2.45, 2.75) is 25.7 Å². The van der Waals surface area contributed by atoms with Gasteiger partial charge in [-0.15, -0.1) is 11.3 Å². The molecule has 1 atom stereocenters. The molecule has 1 N–H and O–H groups in total. The number of rotatable bonds is 5. The van der Waals surface area contributed by atoms with Crippen molar-refractivity contribution in [3.63, 3.8) is 0 Å². The summed E-state index contributed by atoms with van der Waals surface area (Å²) >= 11 is 1.63.